The monoisotopic (exact) mass is 334 g/mol. The molecule has 0 aromatic carbocycles. The molecule has 0 aliphatic carbocycles. The maximum atomic E-state index is 10.9. The predicted octanol–water partition coefficient (Wildman–Crippen LogP) is 7.66. The Bertz CT molecular complexity index is 385. The van der Waals surface area contributed by atoms with E-state index in [1.54, 1.807) is 6.92 Å². The number of rotatable bonds is 14. The first-order chi connectivity index (χ1) is 11.3. The highest BCUT2D eigenvalue weighted by Gasteiger charge is 2.05. The molecular formula is C23H42O. The molecule has 0 amide bonds. The minimum atomic E-state index is 0.294. The summed E-state index contributed by atoms with van der Waals surface area (Å²) in [6.07, 6.45) is 16.8. The first-order valence-electron chi connectivity index (χ1n) is 10.1. The van der Waals surface area contributed by atoms with Gasteiger partial charge in [-0.15, -0.1) is 0 Å². The zero-order chi connectivity index (χ0) is 18.4. The maximum Gasteiger partial charge on any atom is 0.130 e. The molecule has 0 spiro atoms. The highest BCUT2D eigenvalue weighted by Crippen LogP contribution is 2.21. The van der Waals surface area contributed by atoms with E-state index in [1.807, 2.05) is 0 Å². The molecule has 1 heteroatoms. The molecular weight excluding hydrogens is 292 g/mol. The molecule has 0 aliphatic heterocycles. The lowest BCUT2D eigenvalue weighted by atomic mass is 9.92. The van der Waals surface area contributed by atoms with Gasteiger partial charge in [0.05, 0.1) is 0 Å². The predicted molar refractivity (Wildman–Crippen MR) is 108 cm³/mol. The van der Waals surface area contributed by atoms with Crippen LogP contribution in [0, 0.1) is 11.8 Å². The average Bonchev–Trinajstić information content (AvgIpc) is 2.46. The van der Waals surface area contributed by atoms with Crippen LogP contribution in [0.1, 0.15) is 106 Å². The Kier molecular flexibility index (Phi) is 14.0. The minimum absolute atomic E-state index is 0.294. The molecule has 0 N–H and O–H groups in total. The van der Waals surface area contributed by atoms with Crippen molar-refractivity contribution in [2.45, 2.75) is 106 Å². The van der Waals surface area contributed by atoms with Crippen molar-refractivity contribution in [3.63, 3.8) is 0 Å². The summed E-state index contributed by atoms with van der Waals surface area (Å²) in [5, 5.41) is 0. The van der Waals surface area contributed by atoms with Gasteiger partial charge in [-0.25, -0.2) is 0 Å². The fourth-order valence-corrected chi connectivity index (χ4v) is 3.11. The number of ketones is 1. The van der Waals surface area contributed by atoms with Gasteiger partial charge in [-0.2, -0.15) is 0 Å². The largest absolute Gasteiger partial charge is 0.300 e. The standard InChI is InChI=1S/C23H42O/c1-19(2)11-7-12-20(3)13-8-14-21(4)15-9-16-22(5)17-10-18-23(6)24/h11,17,20-21H,7-10,12-16,18H2,1-6H3/b22-17+. The summed E-state index contributed by atoms with van der Waals surface area (Å²) in [5.41, 5.74) is 2.90. The first-order valence-corrected chi connectivity index (χ1v) is 10.1. The van der Waals surface area contributed by atoms with Gasteiger partial charge < -0.3 is 4.79 Å². The molecule has 24 heavy (non-hydrogen) atoms. The van der Waals surface area contributed by atoms with E-state index in [4.69, 9.17) is 0 Å². The van der Waals surface area contributed by atoms with Crippen molar-refractivity contribution >= 4 is 5.78 Å². The molecule has 0 rings (SSSR count). The SMILES string of the molecule is CC(=O)CC/C=C(\C)CCCC(C)CCCC(C)CCC=C(C)C. The second-order valence-corrected chi connectivity index (χ2v) is 8.18. The summed E-state index contributed by atoms with van der Waals surface area (Å²) in [6.45, 7) is 13.1. The summed E-state index contributed by atoms with van der Waals surface area (Å²) >= 11 is 0. The summed E-state index contributed by atoms with van der Waals surface area (Å²) < 4.78 is 0. The Morgan fingerprint density at radius 1 is 0.750 bits per heavy atom. The normalized spacial score (nSPS) is 14.3. The van der Waals surface area contributed by atoms with Gasteiger partial charge in [0.1, 0.15) is 5.78 Å². The van der Waals surface area contributed by atoms with Crippen molar-refractivity contribution in [1.82, 2.24) is 0 Å². The van der Waals surface area contributed by atoms with Crippen molar-refractivity contribution in [1.29, 1.82) is 0 Å². The molecule has 0 heterocycles. The molecule has 140 valence electrons. The third-order valence-corrected chi connectivity index (χ3v) is 4.86. The minimum Gasteiger partial charge on any atom is -0.300 e. The zero-order valence-corrected chi connectivity index (χ0v) is 17.3. The fraction of sp³-hybridized carbons (Fsp3) is 0.783. The van der Waals surface area contributed by atoms with Gasteiger partial charge in [0, 0.05) is 6.42 Å². The van der Waals surface area contributed by atoms with Crippen molar-refractivity contribution in [3.8, 4) is 0 Å². The Labute approximate surface area is 152 Å². The average molecular weight is 335 g/mol. The van der Waals surface area contributed by atoms with Crippen LogP contribution < -0.4 is 0 Å². The number of Topliss-reactive ketones (excluding diaryl/α,β-unsaturated/α-hetero) is 1. The van der Waals surface area contributed by atoms with Crippen molar-refractivity contribution in [3.05, 3.63) is 23.3 Å². The zero-order valence-electron chi connectivity index (χ0n) is 17.3. The quantitative estimate of drug-likeness (QED) is 0.298. The maximum absolute atomic E-state index is 10.9. The molecule has 0 fully saturated rings. The van der Waals surface area contributed by atoms with Crippen LogP contribution in [0.15, 0.2) is 23.3 Å². The molecule has 0 aromatic rings. The topological polar surface area (TPSA) is 17.1 Å². The molecule has 2 atom stereocenters. The van der Waals surface area contributed by atoms with E-state index < -0.39 is 0 Å². The Morgan fingerprint density at radius 2 is 1.33 bits per heavy atom. The van der Waals surface area contributed by atoms with Crippen LogP contribution in [-0.2, 0) is 4.79 Å². The number of hydrogen-bond acceptors (Lipinski definition) is 1. The van der Waals surface area contributed by atoms with E-state index in [2.05, 4.69) is 46.8 Å². The molecule has 2 unspecified atom stereocenters. The lowest BCUT2D eigenvalue weighted by Crippen LogP contribution is -1.99. The van der Waals surface area contributed by atoms with Gasteiger partial charge in [0.25, 0.3) is 0 Å². The van der Waals surface area contributed by atoms with E-state index in [-0.39, 0.29) is 0 Å². The van der Waals surface area contributed by atoms with Gasteiger partial charge in [-0.3, -0.25) is 0 Å². The van der Waals surface area contributed by atoms with Gasteiger partial charge in [0.2, 0.25) is 0 Å². The number of allylic oxidation sites excluding steroid dienone is 4. The van der Waals surface area contributed by atoms with Gasteiger partial charge >= 0.3 is 0 Å². The van der Waals surface area contributed by atoms with E-state index in [0.717, 1.165) is 18.3 Å². The van der Waals surface area contributed by atoms with E-state index in [0.29, 0.717) is 12.2 Å². The summed E-state index contributed by atoms with van der Waals surface area (Å²) in [5.74, 6) is 2.00. The van der Waals surface area contributed by atoms with Crippen LogP contribution in [0.2, 0.25) is 0 Å². The van der Waals surface area contributed by atoms with Gasteiger partial charge in [0.15, 0.2) is 0 Å². The van der Waals surface area contributed by atoms with Gasteiger partial charge in [-0.1, -0.05) is 62.8 Å². The van der Waals surface area contributed by atoms with E-state index in [1.165, 1.54) is 62.5 Å². The summed E-state index contributed by atoms with van der Waals surface area (Å²) in [7, 11) is 0. The molecule has 0 bridgehead atoms. The smallest absolute Gasteiger partial charge is 0.130 e. The Morgan fingerprint density at radius 3 is 1.92 bits per heavy atom. The number of carbonyl (C=O) groups excluding carboxylic acids is 1. The number of carbonyl (C=O) groups is 1. The van der Waals surface area contributed by atoms with Crippen LogP contribution in [0.5, 0.6) is 0 Å². The Balaban J connectivity index is 3.67. The van der Waals surface area contributed by atoms with Crippen LogP contribution in [0.25, 0.3) is 0 Å². The van der Waals surface area contributed by atoms with Gasteiger partial charge in [-0.05, 0) is 71.6 Å². The molecule has 0 radical (unpaired) electrons. The fourth-order valence-electron chi connectivity index (χ4n) is 3.11. The van der Waals surface area contributed by atoms with Crippen molar-refractivity contribution in [2.75, 3.05) is 0 Å². The second-order valence-electron chi connectivity index (χ2n) is 8.18. The first kappa shape index (κ1) is 23.1. The van der Waals surface area contributed by atoms with Crippen LogP contribution in [0.4, 0.5) is 0 Å². The molecule has 0 aromatic heterocycles. The highest BCUT2D eigenvalue weighted by atomic mass is 16.1. The van der Waals surface area contributed by atoms with Crippen LogP contribution in [0.3, 0.4) is 0 Å². The molecule has 1 nitrogen and oxygen atoms in total. The molecule has 0 saturated heterocycles. The van der Waals surface area contributed by atoms with Crippen molar-refractivity contribution < 1.29 is 4.79 Å². The third kappa shape index (κ3) is 16.0. The third-order valence-electron chi connectivity index (χ3n) is 4.86. The van der Waals surface area contributed by atoms with Crippen LogP contribution in [-0.4, -0.2) is 5.78 Å². The second kappa shape index (κ2) is 14.5. The lowest BCUT2D eigenvalue weighted by Gasteiger charge is -2.14. The van der Waals surface area contributed by atoms with E-state index >= 15 is 0 Å². The van der Waals surface area contributed by atoms with Crippen molar-refractivity contribution in [2.24, 2.45) is 11.8 Å². The lowest BCUT2D eigenvalue weighted by molar-refractivity contribution is -0.116. The highest BCUT2D eigenvalue weighted by molar-refractivity contribution is 5.75. The summed E-state index contributed by atoms with van der Waals surface area (Å²) in [4.78, 5) is 10.9. The number of hydrogen-bond donors (Lipinski definition) is 0. The Hall–Kier alpha value is -0.850. The van der Waals surface area contributed by atoms with E-state index in [9.17, 15) is 4.79 Å². The molecule has 0 aliphatic rings. The van der Waals surface area contributed by atoms with Crippen LogP contribution >= 0.6 is 0 Å². The summed E-state index contributed by atoms with van der Waals surface area (Å²) in [6, 6.07) is 0. The molecule has 0 saturated carbocycles.